The van der Waals surface area contributed by atoms with Gasteiger partial charge in [-0.15, -0.1) is 0 Å². The fourth-order valence-electron chi connectivity index (χ4n) is 2.94. The third-order valence-corrected chi connectivity index (χ3v) is 4.44. The van der Waals surface area contributed by atoms with Crippen molar-refractivity contribution in [1.29, 1.82) is 0 Å². The van der Waals surface area contributed by atoms with E-state index >= 15 is 0 Å². The van der Waals surface area contributed by atoms with E-state index in [0.717, 1.165) is 18.8 Å². The van der Waals surface area contributed by atoms with Crippen LogP contribution < -0.4 is 5.73 Å². The Bertz CT molecular complexity index is 323. The highest BCUT2D eigenvalue weighted by Gasteiger charge is 2.41. The molecule has 0 heterocycles. The Labute approximate surface area is 113 Å². The van der Waals surface area contributed by atoms with Crippen LogP contribution in [0.1, 0.15) is 52.9 Å². The molecule has 2 atom stereocenters. The smallest absolute Gasteiger partial charge is 0.00723 e. The van der Waals surface area contributed by atoms with Gasteiger partial charge in [-0.3, -0.25) is 0 Å². The summed E-state index contributed by atoms with van der Waals surface area (Å²) in [5, 5.41) is 0. The van der Waals surface area contributed by atoms with Gasteiger partial charge in [-0.25, -0.2) is 0 Å². The molecule has 0 aromatic carbocycles. The highest BCUT2D eigenvalue weighted by molar-refractivity contribution is 5.20. The zero-order valence-electron chi connectivity index (χ0n) is 12.3. The maximum Gasteiger partial charge on any atom is 0.00723 e. The molecule has 0 bridgehead atoms. The molecule has 18 heavy (non-hydrogen) atoms. The Morgan fingerprint density at radius 3 is 2.67 bits per heavy atom. The van der Waals surface area contributed by atoms with Crippen LogP contribution in [0, 0.1) is 11.3 Å². The van der Waals surface area contributed by atoms with Crippen molar-refractivity contribution < 1.29 is 0 Å². The van der Waals surface area contributed by atoms with Gasteiger partial charge in [0, 0.05) is 6.04 Å². The lowest BCUT2D eigenvalue weighted by atomic mass is 9.59. The summed E-state index contributed by atoms with van der Waals surface area (Å²) in [7, 11) is 0. The number of nitrogens with two attached hydrogens (primary N) is 1. The summed E-state index contributed by atoms with van der Waals surface area (Å²) < 4.78 is 0. The summed E-state index contributed by atoms with van der Waals surface area (Å²) in [5.74, 6) is 0.732. The van der Waals surface area contributed by atoms with Crippen molar-refractivity contribution in [2.24, 2.45) is 17.1 Å². The first kappa shape index (κ1) is 15.2. The predicted molar refractivity (Wildman–Crippen MR) is 81.4 cm³/mol. The Morgan fingerprint density at radius 1 is 1.50 bits per heavy atom. The van der Waals surface area contributed by atoms with Gasteiger partial charge in [0.2, 0.25) is 0 Å². The quantitative estimate of drug-likeness (QED) is 0.653. The van der Waals surface area contributed by atoms with E-state index in [-0.39, 0.29) is 0 Å². The fourth-order valence-corrected chi connectivity index (χ4v) is 2.94. The van der Waals surface area contributed by atoms with Gasteiger partial charge in [0.15, 0.2) is 0 Å². The number of hydrogen-bond donors (Lipinski definition) is 1. The molecule has 1 heteroatoms. The molecule has 2 unspecified atom stereocenters. The van der Waals surface area contributed by atoms with Gasteiger partial charge in [-0.05, 0) is 50.4 Å². The Balaban J connectivity index is 2.29. The summed E-state index contributed by atoms with van der Waals surface area (Å²) >= 11 is 0. The Hall–Kier alpha value is -0.820. The largest absolute Gasteiger partial charge is 0.327 e. The van der Waals surface area contributed by atoms with E-state index in [1.807, 2.05) is 12.2 Å². The van der Waals surface area contributed by atoms with Crippen LogP contribution in [0.4, 0.5) is 0 Å². The van der Waals surface area contributed by atoms with E-state index in [1.54, 1.807) is 0 Å². The molecule has 1 saturated carbocycles. The topological polar surface area (TPSA) is 26.0 Å². The molecule has 1 rings (SSSR count). The van der Waals surface area contributed by atoms with Crippen molar-refractivity contribution in [3.8, 4) is 0 Å². The molecule has 1 aliphatic rings. The summed E-state index contributed by atoms with van der Waals surface area (Å²) in [4.78, 5) is 0. The molecular formula is C17H29N. The van der Waals surface area contributed by atoms with Crippen molar-refractivity contribution in [2.75, 3.05) is 0 Å². The zero-order chi connectivity index (χ0) is 13.6. The first-order valence-corrected chi connectivity index (χ1v) is 7.21. The van der Waals surface area contributed by atoms with Crippen molar-refractivity contribution >= 4 is 0 Å². The molecule has 1 nitrogen and oxygen atoms in total. The summed E-state index contributed by atoms with van der Waals surface area (Å²) in [6.45, 7) is 10.5. The molecule has 1 fully saturated rings. The van der Waals surface area contributed by atoms with Gasteiger partial charge in [-0.2, -0.15) is 0 Å². The average Bonchev–Trinajstić information content (AvgIpc) is 2.32. The molecule has 102 valence electrons. The summed E-state index contributed by atoms with van der Waals surface area (Å²) in [6.07, 6.45) is 14.3. The molecule has 0 aromatic heterocycles. The monoisotopic (exact) mass is 247 g/mol. The van der Waals surface area contributed by atoms with Crippen molar-refractivity contribution in [3.63, 3.8) is 0 Å². The van der Waals surface area contributed by atoms with E-state index in [9.17, 15) is 0 Å². The third-order valence-electron chi connectivity index (χ3n) is 4.44. The van der Waals surface area contributed by atoms with Gasteiger partial charge in [0.25, 0.3) is 0 Å². The highest BCUT2D eigenvalue weighted by atomic mass is 14.7. The highest BCUT2D eigenvalue weighted by Crippen LogP contribution is 2.47. The van der Waals surface area contributed by atoms with Gasteiger partial charge in [-0.1, -0.05) is 50.3 Å². The van der Waals surface area contributed by atoms with Crippen LogP contribution in [-0.4, -0.2) is 6.04 Å². The second-order valence-corrected chi connectivity index (χ2v) is 6.15. The number of allylic oxidation sites excluding steroid dienone is 5. The first-order valence-electron chi connectivity index (χ1n) is 7.21. The number of rotatable bonds is 7. The molecule has 0 radical (unpaired) electrons. The van der Waals surface area contributed by atoms with Gasteiger partial charge >= 0.3 is 0 Å². The van der Waals surface area contributed by atoms with Crippen LogP contribution in [0.25, 0.3) is 0 Å². The van der Waals surface area contributed by atoms with Gasteiger partial charge < -0.3 is 5.73 Å². The minimum absolute atomic E-state index is 0.384. The lowest BCUT2D eigenvalue weighted by molar-refractivity contribution is 0.0463. The lowest BCUT2D eigenvalue weighted by Crippen LogP contribution is -2.46. The third kappa shape index (κ3) is 4.13. The van der Waals surface area contributed by atoms with Crippen LogP contribution >= 0.6 is 0 Å². The molecule has 0 aliphatic heterocycles. The van der Waals surface area contributed by atoms with Crippen LogP contribution in [0.2, 0.25) is 0 Å². The van der Waals surface area contributed by atoms with E-state index < -0.39 is 0 Å². The van der Waals surface area contributed by atoms with E-state index in [1.165, 1.54) is 24.8 Å². The molecule has 1 aliphatic carbocycles. The van der Waals surface area contributed by atoms with Gasteiger partial charge in [0.1, 0.15) is 0 Å². The Morgan fingerprint density at radius 2 is 2.22 bits per heavy atom. The fraction of sp³-hybridized carbons (Fsp3) is 0.647. The average molecular weight is 247 g/mol. The van der Waals surface area contributed by atoms with Crippen LogP contribution in [0.5, 0.6) is 0 Å². The van der Waals surface area contributed by atoms with Crippen LogP contribution in [0.15, 0.2) is 36.5 Å². The van der Waals surface area contributed by atoms with Crippen LogP contribution in [0.3, 0.4) is 0 Å². The second-order valence-electron chi connectivity index (χ2n) is 6.15. The van der Waals surface area contributed by atoms with Gasteiger partial charge in [0.05, 0.1) is 0 Å². The van der Waals surface area contributed by atoms with Crippen molar-refractivity contribution in [3.05, 3.63) is 36.5 Å². The number of hydrogen-bond acceptors (Lipinski definition) is 1. The lowest BCUT2D eigenvalue weighted by Gasteiger charge is -2.48. The summed E-state index contributed by atoms with van der Waals surface area (Å²) in [6, 6.07) is 0.384. The van der Waals surface area contributed by atoms with E-state index in [2.05, 4.69) is 39.5 Å². The van der Waals surface area contributed by atoms with E-state index in [0.29, 0.717) is 11.5 Å². The zero-order valence-corrected chi connectivity index (χ0v) is 12.3. The molecular weight excluding hydrogens is 218 g/mol. The van der Waals surface area contributed by atoms with Crippen molar-refractivity contribution in [2.45, 2.75) is 58.9 Å². The maximum atomic E-state index is 6.33. The molecule has 0 amide bonds. The summed E-state index contributed by atoms with van der Waals surface area (Å²) in [5.41, 5.74) is 8.19. The normalized spacial score (nSPS) is 24.9. The predicted octanol–water partition coefficient (Wildman–Crippen LogP) is 4.61. The molecule has 0 saturated heterocycles. The minimum atomic E-state index is 0.384. The first-order chi connectivity index (χ1) is 8.51. The van der Waals surface area contributed by atoms with Crippen LogP contribution in [-0.2, 0) is 0 Å². The minimum Gasteiger partial charge on any atom is -0.327 e. The Kier molecular flexibility index (Phi) is 5.87. The molecule has 0 aromatic rings. The van der Waals surface area contributed by atoms with E-state index in [4.69, 9.17) is 5.73 Å². The molecule has 2 N–H and O–H groups in total. The SMILES string of the molecule is C=C/C=C\C(=C/C)CCCC(N)C1CCC1(C)C. The van der Waals surface area contributed by atoms with Crippen molar-refractivity contribution in [1.82, 2.24) is 0 Å². The standard InChI is InChI=1S/C17H29N/c1-5-7-9-14(6-2)10-8-11-16(18)15-12-13-17(15,3)4/h5-7,9,15-16H,1,8,10-13,18H2,2-4H3/b9-7-,14-6+. The maximum absolute atomic E-state index is 6.33. The second kappa shape index (κ2) is 6.94. The molecule has 0 spiro atoms.